The first-order chi connectivity index (χ1) is 15.8. The van der Waals surface area contributed by atoms with E-state index in [-0.39, 0.29) is 30.8 Å². The topological polar surface area (TPSA) is 106 Å². The SMILES string of the molecule is C/C(=C\c1csc(C)n1)[C@@H]1COC(C)CCC[C@H](C)[C@H](O)[C@@H](C)C(=O)C(C)(C)[C@@H](O)CC(=O)O1. The number of cyclic esters (lactones) is 1. The van der Waals surface area contributed by atoms with E-state index in [1.165, 1.54) is 0 Å². The minimum absolute atomic E-state index is 0.0589. The zero-order valence-corrected chi connectivity index (χ0v) is 22.4. The van der Waals surface area contributed by atoms with Crippen LogP contribution < -0.4 is 0 Å². The van der Waals surface area contributed by atoms with Gasteiger partial charge in [-0.05, 0) is 51.2 Å². The van der Waals surface area contributed by atoms with Crippen LogP contribution in [0.5, 0.6) is 0 Å². The molecular weight excluding hydrogens is 454 g/mol. The molecule has 1 unspecified atom stereocenters. The lowest BCUT2D eigenvalue weighted by Crippen LogP contribution is -2.45. The van der Waals surface area contributed by atoms with Gasteiger partial charge in [0.15, 0.2) is 0 Å². The molecule has 1 fully saturated rings. The lowest BCUT2D eigenvalue weighted by atomic mass is 9.73. The Hall–Kier alpha value is -1.61. The molecule has 0 radical (unpaired) electrons. The fourth-order valence-electron chi connectivity index (χ4n) is 4.28. The zero-order chi connectivity index (χ0) is 25.6. The first-order valence-electron chi connectivity index (χ1n) is 12.1. The van der Waals surface area contributed by atoms with Crippen molar-refractivity contribution in [3.63, 3.8) is 0 Å². The van der Waals surface area contributed by atoms with Gasteiger partial charge in [0.25, 0.3) is 0 Å². The Morgan fingerprint density at radius 2 is 1.88 bits per heavy atom. The Morgan fingerprint density at radius 3 is 2.50 bits per heavy atom. The normalized spacial score (nSPS) is 32.9. The van der Waals surface area contributed by atoms with Crippen LogP contribution >= 0.6 is 11.3 Å². The van der Waals surface area contributed by atoms with Crippen LogP contribution in [0, 0.1) is 24.2 Å². The molecular formula is C26H41NO6S. The summed E-state index contributed by atoms with van der Waals surface area (Å²) in [7, 11) is 0. The number of aryl methyl sites for hydroxylation is 1. The summed E-state index contributed by atoms with van der Waals surface area (Å²) in [6.45, 7) is 12.8. The molecule has 0 bridgehead atoms. The van der Waals surface area contributed by atoms with Crippen molar-refractivity contribution < 1.29 is 29.3 Å². The maximum absolute atomic E-state index is 13.2. The summed E-state index contributed by atoms with van der Waals surface area (Å²) in [5.41, 5.74) is 0.381. The van der Waals surface area contributed by atoms with E-state index in [4.69, 9.17) is 9.47 Å². The van der Waals surface area contributed by atoms with E-state index in [9.17, 15) is 19.8 Å². The van der Waals surface area contributed by atoms with Gasteiger partial charge in [-0.2, -0.15) is 0 Å². The smallest absolute Gasteiger partial charge is 0.309 e. The van der Waals surface area contributed by atoms with E-state index in [0.29, 0.717) is 0 Å². The van der Waals surface area contributed by atoms with Gasteiger partial charge in [-0.1, -0.05) is 34.1 Å². The summed E-state index contributed by atoms with van der Waals surface area (Å²) in [5.74, 6) is -1.60. The number of ketones is 1. The molecule has 1 aromatic heterocycles. The van der Waals surface area contributed by atoms with Gasteiger partial charge in [0.05, 0.1) is 47.5 Å². The number of aliphatic hydroxyl groups is 2. The molecule has 192 valence electrons. The third kappa shape index (κ3) is 7.70. The highest BCUT2D eigenvalue weighted by molar-refractivity contribution is 7.09. The number of aliphatic hydroxyl groups excluding tert-OH is 2. The predicted octanol–water partition coefficient (Wildman–Crippen LogP) is 4.34. The lowest BCUT2D eigenvalue weighted by molar-refractivity contribution is -0.157. The van der Waals surface area contributed by atoms with Crippen molar-refractivity contribution in [2.75, 3.05) is 6.61 Å². The molecule has 1 aliphatic heterocycles. The van der Waals surface area contributed by atoms with Gasteiger partial charge in [-0.3, -0.25) is 9.59 Å². The van der Waals surface area contributed by atoms with Gasteiger partial charge in [0, 0.05) is 11.3 Å². The van der Waals surface area contributed by atoms with Crippen LogP contribution in [0.3, 0.4) is 0 Å². The van der Waals surface area contributed by atoms with Crippen molar-refractivity contribution in [3.8, 4) is 0 Å². The number of thiazole rings is 1. The number of Topliss-reactive ketones (excluding diaryl/α,β-unsaturated/α-hetero) is 1. The summed E-state index contributed by atoms with van der Waals surface area (Å²) < 4.78 is 11.7. The van der Waals surface area contributed by atoms with Crippen LogP contribution in [0.4, 0.5) is 0 Å². The van der Waals surface area contributed by atoms with E-state index in [1.807, 2.05) is 39.2 Å². The second-order valence-corrected chi connectivity index (χ2v) is 11.4. The van der Waals surface area contributed by atoms with Gasteiger partial charge in [-0.15, -0.1) is 11.3 Å². The van der Waals surface area contributed by atoms with Gasteiger partial charge in [0.1, 0.15) is 11.9 Å². The molecule has 2 heterocycles. The van der Waals surface area contributed by atoms with Crippen molar-refractivity contribution >= 4 is 29.2 Å². The molecule has 8 heteroatoms. The fraction of sp³-hybridized carbons (Fsp3) is 0.731. The monoisotopic (exact) mass is 495 g/mol. The quantitative estimate of drug-likeness (QED) is 0.588. The van der Waals surface area contributed by atoms with Crippen LogP contribution in [0.15, 0.2) is 11.0 Å². The number of aromatic nitrogens is 1. The third-order valence-corrected chi connectivity index (χ3v) is 7.72. The Morgan fingerprint density at radius 1 is 1.21 bits per heavy atom. The van der Waals surface area contributed by atoms with Crippen LogP contribution in [0.25, 0.3) is 6.08 Å². The van der Waals surface area contributed by atoms with Gasteiger partial charge in [-0.25, -0.2) is 4.98 Å². The molecule has 1 saturated heterocycles. The molecule has 2 rings (SSSR count). The van der Waals surface area contributed by atoms with Crippen LogP contribution in [0.1, 0.15) is 77.9 Å². The zero-order valence-electron chi connectivity index (χ0n) is 21.5. The number of carbonyl (C=O) groups excluding carboxylic acids is 2. The molecule has 0 amide bonds. The summed E-state index contributed by atoms with van der Waals surface area (Å²) in [4.78, 5) is 30.4. The summed E-state index contributed by atoms with van der Waals surface area (Å²) >= 11 is 1.54. The highest BCUT2D eigenvalue weighted by Crippen LogP contribution is 2.32. The second kappa shape index (κ2) is 12.4. The molecule has 2 N–H and O–H groups in total. The number of ether oxygens (including phenoxy) is 2. The van der Waals surface area contributed by atoms with Gasteiger partial charge in [0.2, 0.25) is 0 Å². The van der Waals surface area contributed by atoms with E-state index >= 15 is 0 Å². The van der Waals surface area contributed by atoms with Crippen LogP contribution in [-0.4, -0.2) is 58.0 Å². The number of hydrogen-bond donors (Lipinski definition) is 2. The fourth-order valence-corrected chi connectivity index (χ4v) is 4.85. The Bertz CT molecular complexity index is 863. The maximum Gasteiger partial charge on any atom is 0.309 e. The van der Waals surface area contributed by atoms with Crippen LogP contribution in [0.2, 0.25) is 0 Å². The average Bonchev–Trinajstić information content (AvgIpc) is 3.18. The molecule has 7 nitrogen and oxygen atoms in total. The largest absolute Gasteiger partial charge is 0.455 e. The standard InChI is InChI=1S/C26H41NO6S/c1-15-9-8-10-17(3)32-13-21(16(2)11-20-14-34-19(5)27-20)33-23(29)12-22(28)26(6,7)25(31)18(4)24(15)30/h11,14-15,17-18,21-22,24,28,30H,8-10,12-13H2,1-7H3/b16-11+/t15-,17?,18+,21-,22-,24-/m0/s1. The average molecular weight is 496 g/mol. The minimum Gasteiger partial charge on any atom is -0.455 e. The van der Waals surface area contributed by atoms with Crippen molar-refractivity contribution in [2.45, 2.75) is 98.6 Å². The molecule has 6 atom stereocenters. The molecule has 0 saturated carbocycles. The Kier molecular flexibility index (Phi) is 10.4. The lowest BCUT2D eigenvalue weighted by Gasteiger charge is -2.34. The third-order valence-electron chi connectivity index (χ3n) is 6.93. The van der Waals surface area contributed by atoms with E-state index in [2.05, 4.69) is 4.98 Å². The van der Waals surface area contributed by atoms with E-state index in [1.54, 1.807) is 32.1 Å². The molecule has 0 aliphatic carbocycles. The van der Waals surface area contributed by atoms with Crippen molar-refractivity contribution in [1.82, 2.24) is 4.98 Å². The second-order valence-electron chi connectivity index (χ2n) is 10.3. The highest BCUT2D eigenvalue weighted by atomic mass is 32.1. The molecule has 0 spiro atoms. The van der Waals surface area contributed by atoms with Gasteiger partial charge >= 0.3 is 5.97 Å². The summed E-state index contributed by atoms with van der Waals surface area (Å²) in [6.07, 6.45) is 1.19. The number of hydrogen-bond acceptors (Lipinski definition) is 8. The molecule has 1 aliphatic rings. The number of esters is 1. The minimum atomic E-state index is -1.24. The van der Waals surface area contributed by atoms with Crippen molar-refractivity contribution in [1.29, 1.82) is 0 Å². The first kappa shape index (κ1) is 28.6. The van der Waals surface area contributed by atoms with E-state index < -0.39 is 35.6 Å². The van der Waals surface area contributed by atoms with Crippen molar-refractivity contribution in [2.24, 2.45) is 17.3 Å². The molecule has 1 aromatic rings. The number of rotatable bonds is 2. The Labute approximate surface area is 207 Å². The number of nitrogens with zero attached hydrogens (tertiary/aromatic N) is 1. The van der Waals surface area contributed by atoms with Gasteiger partial charge < -0.3 is 19.7 Å². The molecule has 34 heavy (non-hydrogen) atoms. The molecule has 0 aromatic carbocycles. The highest BCUT2D eigenvalue weighted by Gasteiger charge is 2.42. The first-order valence-corrected chi connectivity index (χ1v) is 13.0. The summed E-state index contributed by atoms with van der Waals surface area (Å²) in [5, 5.41) is 24.4. The van der Waals surface area contributed by atoms with Crippen LogP contribution in [-0.2, 0) is 19.1 Å². The Balaban J connectivity index is 2.27. The van der Waals surface area contributed by atoms with Crippen molar-refractivity contribution in [3.05, 3.63) is 21.7 Å². The van der Waals surface area contributed by atoms with E-state index in [0.717, 1.165) is 35.5 Å². The number of carbonyl (C=O) groups is 2. The predicted molar refractivity (Wildman–Crippen MR) is 133 cm³/mol. The maximum atomic E-state index is 13.2. The summed E-state index contributed by atoms with van der Waals surface area (Å²) in [6, 6.07) is 0.